The van der Waals surface area contributed by atoms with Gasteiger partial charge in [-0.25, -0.2) is 9.59 Å². The van der Waals surface area contributed by atoms with E-state index in [9.17, 15) is 14.4 Å². The summed E-state index contributed by atoms with van der Waals surface area (Å²) in [5, 5.41) is 2.29. The fourth-order valence-corrected chi connectivity index (χ4v) is 1.48. The molecular formula is C14H18N2O5. The molecule has 0 radical (unpaired) electrons. The van der Waals surface area contributed by atoms with Crippen molar-refractivity contribution in [2.45, 2.75) is 26.8 Å². The van der Waals surface area contributed by atoms with Gasteiger partial charge in [0, 0.05) is 11.9 Å². The van der Waals surface area contributed by atoms with Gasteiger partial charge in [-0.05, 0) is 32.9 Å². The van der Waals surface area contributed by atoms with E-state index in [-0.39, 0.29) is 18.8 Å². The molecule has 1 heterocycles. The van der Waals surface area contributed by atoms with Crippen LogP contribution >= 0.6 is 0 Å². The summed E-state index contributed by atoms with van der Waals surface area (Å²) >= 11 is 0. The lowest BCUT2D eigenvalue weighted by Gasteiger charge is -2.15. The van der Waals surface area contributed by atoms with Crippen molar-refractivity contribution in [1.82, 2.24) is 10.3 Å². The number of aryl methyl sites for hydroxylation is 1. The Morgan fingerprint density at radius 1 is 1.14 bits per heavy atom. The third-order valence-corrected chi connectivity index (χ3v) is 2.49. The van der Waals surface area contributed by atoms with E-state index < -0.39 is 23.9 Å². The molecule has 0 atom stereocenters. The van der Waals surface area contributed by atoms with Crippen LogP contribution in [-0.4, -0.2) is 42.1 Å². The number of amides is 1. The van der Waals surface area contributed by atoms with Crippen LogP contribution in [0.4, 0.5) is 0 Å². The lowest BCUT2D eigenvalue weighted by Crippen LogP contribution is -2.48. The first-order valence-electron chi connectivity index (χ1n) is 6.56. The van der Waals surface area contributed by atoms with Crippen molar-refractivity contribution in [3.05, 3.63) is 29.6 Å². The zero-order valence-electron chi connectivity index (χ0n) is 12.2. The average molecular weight is 294 g/mol. The van der Waals surface area contributed by atoms with Crippen LogP contribution in [0.3, 0.4) is 0 Å². The molecule has 0 spiro atoms. The number of hydrogen-bond acceptors (Lipinski definition) is 6. The van der Waals surface area contributed by atoms with E-state index in [1.807, 2.05) is 0 Å². The molecule has 0 saturated heterocycles. The molecule has 0 aromatic carbocycles. The van der Waals surface area contributed by atoms with Gasteiger partial charge in [0.05, 0.1) is 18.8 Å². The van der Waals surface area contributed by atoms with Crippen LogP contribution in [-0.2, 0) is 19.1 Å². The molecule has 0 fully saturated rings. The predicted molar refractivity (Wildman–Crippen MR) is 73.5 cm³/mol. The maximum atomic E-state index is 12.0. The molecule has 0 unspecified atom stereocenters. The van der Waals surface area contributed by atoms with Crippen molar-refractivity contribution in [3.63, 3.8) is 0 Å². The Kier molecular flexibility index (Phi) is 6.32. The number of nitrogens with one attached hydrogen (secondary N) is 1. The third-order valence-electron chi connectivity index (χ3n) is 2.49. The minimum Gasteiger partial charge on any atom is -0.464 e. The van der Waals surface area contributed by atoms with Crippen LogP contribution in [0.5, 0.6) is 0 Å². The lowest BCUT2D eigenvalue weighted by molar-refractivity contribution is -0.157. The molecule has 21 heavy (non-hydrogen) atoms. The standard InChI is InChI=1S/C14H18N2O5/c1-4-20-13(18)11(14(19)21-5-2)16-12(17)10-7-6-9(3)15-8-10/h6-8,11H,4-5H2,1-3H3,(H,16,17). The molecule has 7 nitrogen and oxygen atoms in total. The Morgan fingerprint density at radius 3 is 2.14 bits per heavy atom. The van der Waals surface area contributed by atoms with Crippen molar-refractivity contribution in [3.8, 4) is 0 Å². The van der Waals surface area contributed by atoms with E-state index in [0.717, 1.165) is 5.69 Å². The smallest absolute Gasteiger partial charge is 0.340 e. The largest absolute Gasteiger partial charge is 0.464 e. The molecule has 114 valence electrons. The second kappa shape index (κ2) is 7.98. The van der Waals surface area contributed by atoms with Crippen LogP contribution in [0.2, 0.25) is 0 Å². The number of hydrogen-bond donors (Lipinski definition) is 1. The van der Waals surface area contributed by atoms with Gasteiger partial charge in [-0.3, -0.25) is 9.78 Å². The Labute approximate surface area is 122 Å². The molecule has 0 aliphatic rings. The summed E-state index contributed by atoms with van der Waals surface area (Å²) < 4.78 is 9.51. The number of ether oxygens (including phenoxy) is 2. The van der Waals surface area contributed by atoms with Gasteiger partial charge >= 0.3 is 11.9 Å². The molecule has 1 amide bonds. The van der Waals surface area contributed by atoms with Crippen molar-refractivity contribution < 1.29 is 23.9 Å². The van der Waals surface area contributed by atoms with Gasteiger partial charge in [0.1, 0.15) is 0 Å². The molecule has 0 aliphatic carbocycles. The fourth-order valence-electron chi connectivity index (χ4n) is 1.48. The van der Waals surface area contributed by atoms with Crippen molar-refractivity contribution in [2.75, 3.05) is 13.2 Å². The second-order valence-corrected chi connectivity index (χ2v) is 4.10. The van der Waals surface area contributed by atoms with Gasteiger partial charge in [-0.2, -0.15) is 0 Å². The summed E-state index contributed by atoms with van der Waals surface area (Å²) in [4.78, 5) is 39.4. The monoisotopic (exact) mass is 294 g/mol. The highest BCUT2D eigenvalue weighted by Crippen LogP contribution is 2.02. The van der Waals surface area contributed by atoms with E-state index >= 15 is 0 Å². The summed E-state index contributed by atoms with van der Waals surface area (Å²) in [5.74, 6) is -2.32. The SMILES string of the molecule is CCOC(=O)C(NC(=O)c1ccc(C)nc1)C(=O)OCC. The second-order valence-electron chi connectivity index (χ2n) is 4.10. The first kappa shape index (κ1) is 16.6. The highest BCUT2D eigenvalue weighted by Gasteiger charge is 2.31. The zero-order valence-corrected chi connectivity index (χ0v) is 12.2. The van der Waals surface area contributed by atoms with Gasteiger partial charge in [0.15, 0.2) is 0 Å². The van der Waals surface area contributed by atoms with Crippen LogP contribution in [0.25, 0.3) is 0 Å². The average Bonchev–Trinajstić information content (AvgIpc) is 2.45. The maximum absolute atomic E-state index is 12.0. The molecule has 1 aromatic heterocycles. The van der Waals surface area contributed by atoms with E-state index in [2.05, 4.69) is 10.3 Å². The van der Waals surface area contributed by atoms with Crippen LogP contribution < -0.4 is 5.32 Å². The van der Waals surface area contributed by atoms with E-state index in [1.54, 1.807) is 32.9 Å². The fraction of sp³-hybridized carbons (Fsp3) is 0.429. The van der Waals surface area contributed by atoms with Crippen molar-refractivity contribution >= 4 is 17.8 Å². The normalized spacial score (nSPS) is 10.1. The number of nitrogens with zero attached hydrogens (tertiary/aromatic N) is 1. The summed E-state index contributed by atoms with van der Waals surface area (Å²) in [5.41, 5.74) is 0.984. The quantitative estimate of drug-likeness (QED) is 0.610. The van der Waals surface area contributed by atoms with Crippen LogP contribution in [0.1, 0.15) is 29.9 Å². The number of rotatable bonds is 6. The highest BCUT2D eigenvalue weighted by molar-refractivity contribution is 6.05. The first-order valence-corrected chi connectivity index (χ1v) is 6.56. The van der Waals surface area contributed by atoms with Crippen LogP contribution in [0, 0.1) is 6.92 Å². The van der Waals surface area contributed by atoms with Crippen molar-refractivity contribution in [2.24, 2.45) is 0 Å². The number of carbonyl (C=O) groups is 3. The Morgan fingerprint density at radius 2 is 1.71 bits per heavy atom. The number of carbonyl (C=O) groups excluding carboxylic acids is 3. The van der Waals surface area contributed by atoms with Gasteiger partial charge in [-0.15, -0.1) is 0 Å². The maximum Gasteiger partial charge on any atom is 0.340 e. The number of pyridine rings is 1. The highest BCUT2D eigenvalue weighted by atomic mass is 16.6. The predicted octanol–water partition coefficient (Wildman–Crippen LogP) is 0.615. The third kappa shape index (κ3) is 4.87. The topological polar surface area (TPSA) is 94.6 Å². The van der Waals surface area contributed by atoms with Gasteiger partial charge in [-0.1, -0.05) is 0 Å². The molecule has 7 heteroatoms. The minimum absolute atomic E-state index is 0.0939. The lowest BCUT2D eigenvalue weighted by atomic mass is 10.2. The summed E-state index contributed by atoms with van der Waals surface area (Å²) in [7, 11) is 0. The molecule has 0 aliphatic heterocycles. The molecule has 0 bridgehead atoms. The van der Waals surface area contributed by atoms with E-state index in [4.69, 9.17) is 9.47 Å². The number of esters is 2. The van der Waals surface area contributed by atoms with E-state index in [0.29, 0.717) is 0 Å². The Hall–Kier alpha value is -2.44. The minimum atomic E-state index is -1.49. The molecule has 0 saturated carbocycles. The molecule has 1 rings (SSSR count). The van der Waals surface area contributed by atoms with Gasteiger partial charge < -0.3 is 14.8 Å². The molecule has 1 aromatic rings. The first-order chi connectivity index (χ1) is 9.99. The number of aromatic nitrogens is 1. The van der Waals surface area contributed by atoms with Gasteiger partial charge in [0.25, 0.3) is 5.91 Å². The summed E-state index contributed by atoms with van der Waals surface area (Å²) in [6, 6.07) is 1.71. The molecule has 1 N–H and O–H groups in total. The van der Waals surface area contributed by atoms with Crippen molar-refractivity contribution in [1.29, 1.82) is 0 Å². The summed E-state index contributed by atoms with van der Waals surface area (Å²) in [6.07, 6.45) is 1.36. The Balaban J connectivity index is 2.84. The molecular weight excluding hydrogens is 276 g/mol. The summed E-state index contributed by atoms with van der Waals surface area (Å²) in [6.45, 7) is 5.17. The van der Waals surface area contributed by atoms with E-state index in [1.165, 1.54) is 6.20 Å². The Bertz CT molecular complexity index is 495. The zero-order chi connectivity index (χ0) is 15.8. The van der Waals surface area contributed by atoms with Gasteiger partial charge in [0.2, 0.25) is 6.04 Å². The van der Waals surface area contributed by atoms with Crippen LogP contribution in [0.15, 0.2) is 18.3 Å².